The summed E-state index contributed by atoms with van der Waals surface area (Å²) in [5, 5.41) is 3.21. The van der Waals surface area contributed by atoms with Crippen LogP contribution in [0.15, 0.2) is 60.7 Å². The molecular formula is C20H29P. The van der Waals surface area contributed by atoms with Crippen molar-refractivity contribution >= 4 is 17.9 Å². The van der Waals surface area contributed by atoms with E-state index in [-0.39, 0.29) is 0 Å². The molecule has 0 amide bonds. The van der Waals surface area contributed by atoms with Gasteiger partial charge in [-0.25, -0.2) is 0 Å². The molecule has 0 atom stereocenters. The molecule has 0 aliphatic heterocycles. The van der Waals surface area contributed by atoms with Crippen LogP contribution in [0.2, 0.25) is 0 Å². The summed E-state index contributed by atoms with van der Waals surface area (Å²) in [5.41, 5.74) is 0. The first-order valence-corrected chi connectivity index (χ1v) is 10.9. The van der Waals surface area contributed by atoms with Gasteiger partial charge in [-0.15, -0.1) is 0 Å². The first-order valence-electron chi connectivity index (χ1n) is 8.44. The number of rotatable bonds is 8. The summed E-state index contributed by atoms with van der Waals surface area (Å²) in [6.45, 7) is 4.69. The van der Waals surface area contributed by atoms with E-state index >= 15 is 0 Å². The second-order valence-corrected chi connectivity index (χ2v) is 10.5. The molecule has 0 aliphatic carbocycles. The summed E-state index contributed by atoms with van der Waals surface area (Å²) in [4.78, 5) is 0. The minimum absolute atomic E-state index is 1.30. The quantitative estimate of drug-likeness (QED) is 0.476. The van der Waals surface area contributed by atoms with Gasteiger partial charge in [0.25, 0.3) is 0 Å². The topological polar surface area (TPSA) is 0 Å². The van der Waals surface area contributed by atoms with Crippen molar-refractivity contribution in [1.29, 1.82) is 0 Å². The zero-order valence-electron chi connectivity index (χ0n) is 13.5. The van der Waals surface area contributed by atoms with Crippen molar-refractivity contribution in [3.63, 3.8) is 0 Å². The van der Waals surface area contributed by atoms with Gasteiger partial charge in [-0.3, -0.25) is 0 Å². The van der Waals surface area contributed by atoms with Crippen LogP contribution in [0.5, 0.6) is 0 Å². The first kappa shape index (κ1) is 16.2. The molecule has 2 aromatic rings. The molecule has 0 bridgehead atoms. The minimum atomic E-state index is -1.57. The van der Waals surface area contributed by atoms with E-state index in [1.165, 1.54) is 38.0 Å². The van der Waals surface area contributed by atoms with Crippen LogP contribution >= 0.6 is 7.26 Å². The van der Waals surface area contributed by atoms with E-state index in [2.05, 4.69) is 74.5 Å². The molecule has 0 aromatic heterocycles. The molecular weight excluding hydrogens is 271 g/mol. The third-order valence-electron chi connectivity index (χ3n) is 4.71. The van der Waals surface area contributed by atoms with Crippen molar-refractivity contribution in [3.05, 3.63) is 60.7 Å². The predicted octanol–water partition coefficient (Wildman–Crippen LogP) is 4.99. The molecule has 0 unspecified atom stereocenters. The average Bonchev–Trinajstić information content (AvgIpc) is 2.57. The Kier molecular flexibility index (Phi) is 6.46. The molecule has 0 N–H and O–H groups in total. The van der Waals surface area contributed by atoms with Gasteiger partial charge in [0, 0.05) is 0 Å². The van der Waals surface area contributed by atoms with Gasteiger partial charge in [-0.05, 0) is 0 Å². The SMILES string of the molecule is CCCCCC[PH](CC)(c1ccccc1)c1ccccc1. The van der Waals surface area contributed by atoms with Crippen molar-refractivity contribution in [2.45, 2.75) is 39.5 Å². The third-order valence-corrected chi connectivity index (χ3v) is 10.0. The molecule has 114 valence electrons. The molecule has 1 heteroatoms. The predicted molar refractivity (Wildman–Crippen MR) is 100 cm³/mol. The van der Waals surface area contributed by atoms with Crippen LogP contribution in [-0.4, -0.2) is 12.3 Å². The molecule has 2 rings (SSSR count). The maximum atomic E-state index is 2.39. The van der Waals surface area contributed by atoms with Gasteiger partial charge in [0.2, 0.25) is 0 Å². The third kappa shape index (κ3) is 3.95. The summed E-state index contributed by atoms with van der Waals surface area (Å²) >= 11 is 0. The molecule has 21 heavy (non-hydrogen) atoms. The van der Waals surface area contributed by atoms with Crippen molar-refractivity contribution in [3.8, 4) is 0 Å². The second kappa shape index (κ2) is 8.35. The van der Waals surface area contributed by atoms with Crippen LogP contribution in [0.3, 0.4) is 0 Å². The van der Waals surface area contributed by atoms with Crippen LogP contribution in [0.1, 0.15) is 39.5 Å². The molecule has 0 heterocycles. The molecule has 0 saturated heterocycles. The fourth-order valence-electron chi connectivity index (χ4n) is 3.41. The second-order valence-electron chi connectivity index (χ2n) is 5.98. The Balaban J connectivity index is 2.32. The zero-order chi connectivity index (χ0) is 15.0. The Morgan fingerprint density at radius 2 is 1.19 bits per heavy atom. The van der Waals surface area contributed by atoms with Crippen LogP contribution in [0.4, 0.5) is 0 Å². The van der Waals surface area contributed by atoms with Crippen molar-refractivity contribution in [2.75, 3.05) is 12.3 Å². The van der Waals surface area contributed by atoms with E-state index in [0.717, 1.165) is 0 Å². The van der Waals surface area contributed by atoms with Gasteiger partial charge in [0.05, 0.1) is 0 Å². The van der Waals surface area contributed by atoms with Gasteiger partial charge >= 0.3 is 130 Å². The maximum absolute atomic E-state index is 2.39. The van der Waals surface area contributed by atoms with Gasteiger partial charge in [-0.2, -0.15) is 0 Å². The monoisotopic (exact) mass is 300 g/mol. The van der Waals surface area contributed by atoms with Crippen LogP contribution in [-0.2, 0) is 0 Å². The van der Waals surface area contributed by atoms with Crippen molar-refractivity contribution < 1.29 is 0 Å². The summed E-state index contributed by atoms with van der Waals surface area (Å²) in [5.74, 6) is 0. The standard InChI is InChI=1S/C20H29P/c1-3-5-6-13-18-21(4-2,19-14-9-7-10-15-19)20-16-11-8-12-17-20/h7-12,14-17,21H,3-6,13,18H2,1-2H3. The van der Waals surface area contributed by atoms with Crippen LogP contribution in [0, 0.1) is 0 Å². The van der Waals surface area contributed by atoms with E-state index in [1.807, 2.05) is 0 Å². The summed E-state index contributed by atoms with van der Waals surface area (Å²) in [6.07, 6.45) is 8.13. The number of benzene rings is 2. The molecule has 0 aliphatic rings. The Labute approximate surface area is 130 Å². The molecule has 0 saturated carbocycles. The number of hydrogen-bond acceptors (Lipinski definition) is 0. The normalized spacial score (nSPS) is 12.3. The Morgan fingerprint density at radius 1 is 0.667 bits per heavy atom. The van der Waals surface area contributed by atoms with Crippen molar-refractivity contribution in [1.82, 2.24) is 0 Å². The first-order chi connectivity index (χ1) is 10.3. The molecule has 0 spiro atoms. The molecule has 0 fully saturated rings. The van der Waals surface area contributed by atoms with Gasteiger partial charge < -0.3 is 0 Å². The molecule has 0 radical (unpaired) electrons. The van der Waals surface area contributed by atoms with E-state index in [4.69, 9.17) is 0 Å². The van der Waals surface area contributed by atoms with Crippen molar-refractivity contribution in [2.24, 2.45) is 0 Å². The van der Waals surface area contributed by atoms with E-state index < -0.39 is 7.26 Å². The fraction of sp³-hybridized carbons (Fsp3) is 0.400. The number of unbranched alkanes of at least 4 members (excludes halogenated alkanes) is 3. The van der Waals surface area contributed by atoms with E-state index in [9.17, 15) is 0 Å². The Hall–Kier alpha value is -1.13. The van der Waals surface area contributed by atoms with Crippen LogP contribution in [0.25, 0.3) is 0 Å². The van der Waals surface area contributed by atoms with Gasteiger partial charge in [0.1, 0.15) is 0 Å². The Morgan fingerprint density at radius 3 is 1.62 bits per heavy atom. The summed E-state index contributed by atoms with van der Waals surface area (Å²) < 4.78 is 0. The Bertz CT molecular complexity index is 464. The van der Waals surface area contributed by atoms with Crippen LogP contribution < -0.4 is 10.6 Å². The zero-order valence-corrected chi connectivity index (χ0v) is 14.5. The van der Waals surface area contributed by atoms with Gasteiger partial charge in [0.15, 0.2) is 0 Å². The van der Waals surface area contributed by atoms with E-state index in [0.29, 0.717) is 0 Å². The fourth-order valence-corrected chi connectivity index (χ4v) is 8.00. The van der Waals surface area contributed by atoms with Gasteiger partial charge in [-0.1, -0.05) is 0 Å². The molecule has 0 nitrogen and oxygen atoms in total. The summed E-state index contributed by atoms with van der Waals surface area (Å²) in [6, 6.07) is 22.6. The van der Waals surface area contributed by atoms with E-state index in [1.54, 1.807) is 10.6 Å². The summed E-state index contributed by atoms with van der Waals surface area (Å²) in [7, 11) is -1.57. The average molecular weight is 300 g/mol. The number of hydrogen-bond donors (Lipinski definition) is 0. The molecule has 2 aromatic carbocycles.